The lowest BCUT2D eigenvalue weighted by Crippen LogP contribution is -2.21. The Kier molecular flexibility index (Phi) is 2.73. The van der Waals surface area contributed by atoms with E-state index in [9.17, 15) is 4.79 Å². The van der Waals surface area contributed by atoms with Crippen LogP contribution in [0.4, 0.5) is 0 Å². The third kappa shape index (κ3) is 1.62. The molecule has 4 nitrogen and oxygen atoms in total. The van der Waals surface area contributed by atoms with Crippen molar-refractivity contribution in [2.75, 3.05) is 0 Å². The number of aryl methyl sites for hydroxylation is 1. The van der Waals surface area contributed by atoms with Gasteiger partial charge in [-0.15, -0.1) is 0 Å². The van der Waals surface area contributed by atoms with Crippen LogP contribution in [0.1, 0.15) is 17.4 Å². The van der Waals surface area contributed by atoms with Crippen molar-refractivity contribution in [2.45, 2.75) is 13.0 Å². The molecule has 0 amide bonds. The fourth-order valence-electron chi connectivity index (χ4n) is 1.74. The number of halogens is 1. The minimum Gasteiger partial charge on any atom is -0.480 e. The Balaban J connectivity index is 2.77. The van der Waals surface area contributed by atoms with Crippen molar-refractivity contribution in [3.05, 3.63) is 34.0 Å². The Morgan fingerprint density at radius 3 is 2.88 bits per heavy atom. The fourth-order valence-corrected chi connectivity index (χ4v) is 2.31. The Labute approximate surface area is 100 Å². The molecule has 2 rings (SSSR count). The van der Waals surface area contributed by atoms with Crippen LogP contribution in [0.2, 0.25) is 0 Å². The van der Waals surface area contributed by atoms with Crippen LogP contribution in [-0.4, -0.2) is 11.1 Å². The van der Waals surface area contributed by atoms with Crippen molar-refractivity contribution in [3.8, 4) is 0 Å². The molecule has 16 heavy (non-hydrogen) atoms. The van der Waals surface area contributed by atoms with E-state index in [-0.39, 0.29) is 0 Å². The van der Waals surface area contributed by atoms with Gasteiger partial charge in [-0.25, -0.2) is 0 Å². The SMILES string of the molecule is Cc1oc2cccc(Br)c2c1C(N)C(=O)O. The Morgan fingerprint density at radius 2 is 2.25 bits per heavy atom. The molecule has 0 bridgehead atoms. The molecule has 1 aromatic carbocycles. The van der Waals surface area contributed by atoms with Gasteiger partial charge in [0.05, 0.1) is 0 Å². The zero-order chi connectivity index (χ0) is 11.9. The van der Waals surface area contributed by atoms with Crippen LogP contribution in [0, 0.1) is 6.92 Å². The number of carbonyl (C=O) groups is 1. The van der Waals surface area contributed by atoms with Crippen LogP contribution in [0.3, 0.4) is 0 Å². The summed E-state index contributed by atoms with van der Waals surface area (Å²) in [5.74, 6) is -0.529. The molecule has 1 unspecified atom stereocenters. The van der Waals surface area contributed by atoms with Crippen molar-refractivity contribution in [1.82, 2.24) is 0 Å². The normalized spacial score (nSPS) is 12.9. The summed E-state index contributed by atoms with van der Waals surface area (Å²) in [5, 5.41) is 9.68. The maximum atomic E-state index is 10.9. The maximum absolute atomic E-state index is 10.9. The Hall–Kier alpha value is -1.33. The van der Waals surface area contributed by atoms with Gasteiger partial charge in [-0.3, -0.25) is 4.79 Å². The standard InChI is InChI=1S/C11H10BrNO3/c1-5-8(10(13)11(14)15)9-6(12)3-2-4-7(9)16-5/h2-4,10H,13H2,1H3,(H,14,15). The fraction of sp³-hybridized carbons (Fsp3) is 0.182. The van der Waals surface area contributed by atoms with Crippen molar-refractivity contribution >= 4 is 32.9 Å². The van der Waals surface area contributed by atoms with Crippen molar-refractivity contribution in [1.29, 1.82) is 0 Å². The molecule has 0 saturated carbocycles. The first-order valence-electron chi connectivity index (χ1n) is 4.68. The van der Waals surface area contributed by atoms with Gasteiger partial charge in [0.1, 0.15) is 17.4 Å². The van der Waals surface area contributed by atoms with E-state index in [0.29, 0.717) is 16.9 Å². The molecule has 1 heterocycles. The highest BCUT2D eigenvalue weighted by Gasteiger charge is 2.24. The molecule has 0 fully saturated rings. The molecule has 0 radical (unpaired) electrons. The molecule has 0 saturated heterocycles. The van der Waals surface area contributed by atoms with E-state index in [1.165, 1.54) is 0 Å². The lowest BCUT2D eigenvalue weighted by molar-refractivity contribution is -0.138. The molecule has 0 aliphatic carbocycles. The highest BCUT2D eigenvalue weighted by Crippen LogP contribution is 2.34. The predicted molar refractivity (Wildman–Crippen MR) is 63.2 cm³/mol. The van der Waals surface area contributed by atoms with Gasteiger partial charge in [0.25, 0.3) is 0 Å². The topological polar surface area (TPSA) is 76.5 Å². The van der Waals surface area contributed by atoms with Gasteiger partial charge in [-0.05, 0) is 19.1 Å². The van der Waals surface area contributed by atoms with E-state index in [4.69, 9.17) is 15.3 Å². The summed E-state index contributed by atoms with van der Waals surface area (Å²) < 4.78 is 6.26. The summed E-state index contributed by atoms with van der Waals surface area (Å²) in [4.78, 5) is 10.9. The number of carboxylic acid groups (broad SMARTS) is 1. The minimum atomic E-state index is -1.07. The summed E-state index contributed by atoms with van der Waals surface area (Å²) in [6.07, 6.45) is 0. The predicted octanol–water partition coefficient (Wildman–Crippen LogP) is 2.59. The van der Waals surface area contributed by atoms with E-state index in [0.717, 1.165) is 9.86 Å². The van der Waals surface area contributed by atoms with Gasteiger partial charge in [0.15, 0.2) is 0 Å². The number of aliphatic carboxylic acids is 1. The number of nitrogens with two attached hydrogens (primary N) is 1. The van der Waals surface area contributed by atoms with Crippen molar-refractivity contribution in [3.63, 3.8) is 0 Å². The van der Waals surface area contributed by atoms with Gasteiger partial charge in [-0.2, -0.15) is 0 Å². The van der Waals surface area contributed by atoms with Gasteiger partial charge in [-0.1, -0.05) is 22.0 Å². The first-order valence-corrected chi connectivity index (χ1v) is 5.47. The zero-order valence-corrected chi connectivity index (χ0v) is 10.1. The van der Waals surface area contributed by atoms with Crippen LogP contribution in [0.5, 0.6) is 0 Å². The molecular formula is C11H10BrNO3. The average Bonchev–Trinajstić information content (AvgIpc) is 2.54. The van der Waals surface area contributed by atoms with Gasteiger partial charge < -0.3 is 15.3 Å². The second-order valence-electron chi connectivity index (χ2n) is 3.50. The van der Waals surface area contributed by atoms with E-state index in [1.54, 1.807) is 13.0 Å². The lowest BCUT2D eigenvalue weighted by Gasteiger charge is -2.06. The number of carboxylic acids is 1. The number of fused-ring (bicyclic) bond motifs is 1. The molecule has 5 heteroatoms. The lowest BCUT2D eigenvalue weighted by atomic mass is 10.0. The van der Waals surface area contributed by atoms with Crippen molar-refractivity contribution < 1.29 is 14.3 Å². The Bertz CT molecular complexity index is 562. The van der Waals surface area contributed by atoms with Gasteiger partial charge >= 0.3 is 5.97 Å². The van der Waals surface area contributed by atoms with E-state index in [2.05, 4.69) is 15.9 Å². The monoisotopic (exact) mass is 283 g/mol. The number of benzene rings is 1. The molecule has 2 aromatic rings. The second kappa shape index (κ2) is 3.92. The smallest absolute Gasteiger partial charge is 0.325 e. The van der Waals surface area contributed by atoms with Crippen LogP contribution in [0.25, 0.3) is 11.0 Å². The van der Waals surface area contributed by atoms with E-state index < -0.39 is 12.0 Å². The third-order valence-corrected chi connectivity index (χ3v) is 3.12. The Morgan fingerprint density at radius 1 is 1.56 bits per heavy atom. The highest BCUT2D eigenvalue weighted by atomic mass is 79.9. The highest BCUT2D eigenvalue weighted by molar-refractivity contribution is 9.10. The molecule has 0 aliphatic rings. The van der Waals surface area contributed by atoms with Gasteiger partial charge in [0, 0.05) is 15.4 Å². The van der Waals surface area contributed by atoms with Gasteiger partial charge in [0.2, 0.25) is 0 Å². The number of hydrogen-bond acceptors (Lipinski definition) is 3. The molecular weight excluding hydrogens is 274 g/mol. The van der Waals surface area contributed by atoms with Crippen LogP contribution in [-0.2, 0) is 4.79 Å². The average molecular weight is 284 g/mol. The number of hydrogen-bond donors (Lipinski definition) is 2. The van der Waals surface area contributed by atoms with E-state index in [1.807, 2.05) is 12.1 Å². The third-order valence-electron chi connectivity index (χ3n) is 2.46. The molecule has 84 valence electrons. The molecule has 3 N–H and O–H groups in total. The summed E-state index contributed by atoms with van der Waals surface area (Å²) in [7, 11) is 0. The largest absolute Gasteiger partial charge is 0.480 e. The van der Waals surface area contributed by atoms with Crippen LogP contribution >= 0.6 is 15.9 Å². The molecule has 0 spiro atoms. The summed E-state index contributed by atoms with van der Waals surface area (Å²) >= 11 is 3.37. The minimum absolute atomic E-state index is 0.523. The maximum Gasteiger partial charge on any atom is 0.325 e. The first-order chi connectivity index (χ1) is 7.52. The second-order valence-corrected chi connectivity index (χ2v) is 4.36. The summed E-state index contributed by atoms with van der Waals surface area (Å²) in [5.41, 5.74) is 6.80. The quantitative estimate of drug-likeness (QED) is 0.888. The molecule has 1 aromatic heterocycles. The number of furan rings is 1. The zero-order valence-electron chi connectivity index (χ0n) is 8.53. The molecule has 1 atom stereocenters. The first kappa shape index (κ1) is 11.2. The van der Waals surface area contributed by atoms with Crippen LogP contribution < -0.4 is 5.73 Å². The van der Waals surface area contributed by atoms with Crippen molar-refractivity contribution in [2.24, 2.45) is 5.73 Å². The summed E-state index contributed by atoms with van der Waals surface area (Å²) in [6, 6.07) is 4.37. The summed E-state index contributed by atoms with van der Waals surface area (Å²) in [6.45, 7) is 1.71. The van der Waals surface area contributed by atoms with Crippen LogP contribution in [0.15, 0.2) is 27.1 Å². The molecule has 0 aliphatic heterocycles. The number of rotatable bonds is 2. The van der Waals surface area contributed by atoms with E-state index >= 15 is 0 Å².